The summed E-state index contributed by atoms with van der Waals surface area (Å²) >= 11 is 0. The normalized spacial score (nSPS) is 16.2. The fourth-order valence-corrected chi connectivity index (χ4v) is 4.08. The van der Waals surface area contributed by atoms with Gasteiger partial charge in [0.1, 0.15) is 11.6 Å². The van der Waals surface area contributed by atoms with Crippen LogP contribution >= 0.6 is 24.0 Å². The van der Waals surface area contributed by atoms with Crippen molar-refractivity contribution in [3.8, 4) is 5.75 Å². The summed E-state index contributed by atoms with van der Waals surface area (Å²) in [5.74, 6) is 2.95. The van der Waals surface area contributed by atoms with E-state index < -0.39 is 0 Å². The van der Waals surface area contributed by atoms with Crippen molar-refractivity contribution in [3.63, 3.8) is 0 Å². The number of fused-ring (bicyclic) bond motifs is 1. The van der Waals surface area contributed by atoms with Crippen molar-refractivity contribution in [2.24, 2.45) is 4.99 Å². The second kappa shape index (κ2) is 12.2. The SMILES string of the molecule is CCNC(=NCc1cccnc1N1CCN(C)CC1)NCCc1ccc2c(c1)CCO2.I. The second-order valence-corrected chi connectivity index (χ2v) is 8.19. The summed E-state index contributed by atoms with van der Waals surface area (Å²) in [6.45, 7) is 9.33. The van der Waals surface area contributed by atoms with E-state index in [9.17, 15) is 0 Å². The van der Waals surface area contributed by atoms with Crippen LogP contribution in [-0.2, 0) is 19.4 Å². The molecule has 3 heterocycles. The lowest BCUT2D eigenvalue weighted by Gasteiger charge is -2.34. The molecule has 8 heteroatoms. The maximum Gasteiger partial charge on any atom is 0.191 e. The van der Waals surface area contributed by atoms with E-state index in [0.29, 0.717) is 6.54 Å². The van der Waals surface area contributed by atoms with Crippen LogP contribution in [-0.4, -0.2) is 68.8 Å². The second-order valence-electron chi connectivity index (χ2n) is 8.19. The van der Waals surface area contributed by atoms with E-state index in [1.165, 1.54) is 16.7 Å². The summed E-state index contributed by atoms with van der Waals surface area (Å²) < 4.78 is 5.61. The molecular formula is C24H35IN6O. The molecule has 1 saturated heterocycles. The Kier molecular flexibility index (Phi) is 9.40. The van der Waals surface area contributed by atoms with E-state index in [1.54, 1.807) is 0 Å². The number of likely N-dealkylation sites (N-methyl/N-ethyl adjacent to an activating group) is 1. The van der Waals surface area contributed by atoms with E-state index in [0.717, 1.165) is 76.2 Å². The average molecular weight is 550 g/mol. The molecule has 1 aromatic heterocycles. The van der Waals surface area contributed by atoms with Crippen LogP contribution < -0.4 is 20.3 Å². The van der Waals surface area contributed by atoms with Gasteiger partial charge in [-0.2, -0.15) is 0 Å². The Morgan fingerprint density at radius 1 is 1.16 bits per heavy atom. The van der Waals surface area contributed by atoms with Crippen molar-refractivity contribution in [1.82, 2.24) is 20.5 Å². The molecule has 0 unspecified atom stereocenters. The number of rotatable bonds is 7. The molecule has 0 bridgehead atoms. The van der Waals surface area contributed by atoms with Crippen molar-refractivity contribution >= 4 is 35.8 Å². The molecular weight excluding hydrogens is 515 g/mol. The number of nitrogens with one attached hydrogen (secondary N) is 2. The van der Waals surface area contributed by atoms with Crippen LogP contribution in [0.2, 0.25) is 0 Å². The smallest absolute Gasteiger partial charge is 0.191 e. The molecule has 7 nitrogen and oxygen atoms in total. The number of benzene rings is 1. The summed E-state index contributed by atoms with van der Waals surface area (Å²) in [7, 11) is 2.17. The van der Waals surface area contributed by atoms with Crippen LogP contribution in [0, 0.1) is 0 Å². The van der Waals surface area contributed by atoms with Gasteiger partial charge in [-0.3, -0.25) is 0 Å². The van der Waals surface area contributed by atoms with Crippen LogP contribution in [0.4, 0.5) is 5.82 Å². The standard InChI is InChI=1S/C24H34N6O.HI/c1-3-25-24(27-11-8-19-6-7-22-20(17-19)9-16-31-22)28-18-21-5-4-10-26-23(21)30-14-12-29(2)13-15-30;/h4-7,10,17H,3,8-9,11-16,18H2,1-2H3,(H2,25,27,28);1H. The molecule has 174 valence electrons. The Balaban J connectivity index is 0.00000289. The molecule has 2 aliphatic rings. The number of aliphatic imine (C=N–C) groups is 1. The number of piperazine rings is 1. The van der Waals surface area contributed by atoms with Crippen molar-refractivity contribution in [2.45, 2.75) is 26.3 Å². The number of pyridine rings is 1. The largest absolute Gasteiger partial charge is 0.493 e. The highest BCUT2D eigenvalue weighted by Gasteiger charge is 2.18. The molecule has 2 aromatic rings. The van der Waals surface area contributed by atoms with Gasteiger partial charge in [-0.15, -0.1) is 24.0 Å². The van der Waals surface area contributed by atoms with E-state index in [2.05, 4.69) is 63.7 Å². The predicted molar refractivity (Wildman–Crippen MR) is 142 cm³/mol. The molecule has 2 aliphatic heterocycles. The van der Waals surface area contributed by atoms with Gasteiger partial charge < -0.3 is 25.2 Å². The number of anilines is 1. The van der Waals surface area contributed by atoms with Gasteiger partial charge in [0.15, 0.2) is 5.96 Å². The quantitative estimate of drug-likeness (QED) is 0.314. The van der Waals surface area contributed by atoms with Crippen LogP contribution in [0.3, 0.4) is 0 Å². The number of nitrogens with zero attached hydrogens (tertiary/aromatic N) is 4. The van der Waals surface area contributed by atoms with Crippen LogP contribution in [0.15, 0.2) is 41.5 Å². The minimum atomic E-state index is 0. The molecule has 0 amide bonds. The van der Waals surface area contributed by atoms with Crippen LogP contribution in [0.1, 0.15) is 23.6 Å². The fourth-order valence-electron chi connectivity index (χ4n) is 4.08. The third kappa shape index (κ3) is 6.48. The molecule has 1 fully saturated rings. The van der Waals surface area contributed by atoms with Gasteiger partial charge in [0.05, 0.1) is 13.2 Å². The summed E-state index contributed by atoms with van der Waals surface area (Å²) in [6.07, 6.45) is 3.85. The van der Waals surface area contributed by atoms with Gasteiger partial charge in [-0.25, -0.2) is 9.98 Å². The Hall–Kier alpha value is -2.07. The van der Waals surface area contributed by atoms with Crippen molar-refractivity contribution in [1.29, 1.82) is 0 Å². The van der Waals surface area contributed by atoms with Crippen molar-refractivity contribution in [3.05, 3.63) is 53.2 Å². The summed E-state index contributed by atoms with van der Waals surface area (Å²) in [5.41, 5.74) is 3.83. The highest BCUT2D eigenvalue weighted by atomic mass is 127. The molecule has 0 atom stereocenters. The lowest BCUT2D eigenvalue weighted by Crippen LogP contribution is -2.45. The minimum Gasteiger partial charge on any atom is -0.493 e. The predicted octanol–water partition coefficient (Wildman–Crippen LogP) is 2.68. The molecule has 32 heavy (non-hydrogen) atoms. The van der Waals surface area contributed by atoms with Gasteiger partial charge in [0.2, 0.25) is 0 Å². The highest BCUT2D eigenvalue weighted by Crippen LogP contribution is 2.26. The molecule has 2 N–H and O–H groups in total. The molecule has 0 saturated carbocycles. The van der Waals surface area contributed by atoms with E-state index in [-0.39, 0.29) is 24.0 Å². The zero-order valence-corrected chi connectivity index (χ0v) is 21.5. The lowest BCUT2D eigenvalue weighted by atomic mass is 10.1. The lowest BCUT2D eigenvalue weighted by molar-refractivity contribution is 0.312. The third-order valence-corrected chi connectivity index (χ3v) is 5.88. The number of guanidine groups is 1. The number of aromatic nitrogens is 1. The van der Waals surface area contributed by atoms with Gasteiger partial charge >= 0.3 is 0 Å². The van der Waals surface area contributed by atoms with Gasteiger partial charge in [-0.05, 0) is 43.7 Å². The first-order valence-electron chi connectivity index (χ1n) is 11.4. The maximum atomic E-state index is 5.61. The summed E-state index contributed by atoms with van der Waals surface area (Å²) in [5, 5.41) is 6.84. The van der Waals surface area contributed by atoms with Crippen molar-refractivity contribution in [2.75, 3.05) is 57.8 Å². The third-order valence-electron chi connectivity index (χ3n) is 5.88. The maximum absolute atomic E-state index is 5.61. The first-order valence-corrected chi connectivity index (χ1v) is 11.4. The Bertz CT molecular complexity index is 898. The van der Waals surface area contributed by atoms with Gasteiger partial charge in [0, 0.05) is 57.4 Å². The topological polar surface area (TPSA) is 65.0 Å². The average Bonchev–Trinajstić information content (AvgIpc) is 3.26. The summed E-state index contributed by atoms with van der Waals surface area (Å²) in [4.78, 5) is 14.2. The molecule has 1 aromatic carbocycles. The first kappa shape index (κ1) is 24.6. The van der Waals surface area contributed by atoms with E-state index in [1.807, 2.05) is 12.3 Å². The monoisotopic (exact) mass is 550 g/mol. The first-order chi connectivity index (χ1) is 15.2. The zero-order chi connectivity index (χ0) is 21.5. The minimum absolute atomic E-state index is 0. The molecule has 0 radical (unpaired) electrons. The van der Waals surface area contributed by atoms with Gasteiger partial charge in [-0.1, -0.05) is 18.2 Å². The Morgan fingerprint density at radius 2 is 2.00 bits per heavy atom. The van der Waals surface area contributed by atoms with E-state index >= 15 is 0 Å². The number of halogens is 1. The van der Waals surface area contributed by atoms with Crippen LogP contribution in [0.25, 0.3) is 0 Å². The Labute approximate surface area is 208 Å². The van der Waals surface area contributed by atoms with E-state index in [4.69, 9.17) is 9.73 Å². The van der Waals surface area contributed by atoms with Crippen LogP contribution in [0.5, 0.6) is 5.75 Å². The van der Waals surface area contributed by atoms with Gasteiger partial charge in [0.25, 0.3) is 0 Å². The number of ether oxygens (including phenoxy) is 1. The van der Waals surface area contributed by atoms with Crippen molar-refractivity contribution < 1.29 is 4.74 Å². The Morgan fingerprint density at radius 3 is 2.81 bits per heavy atom. The molecule has 0 aliphatic carbocycles. The summed E-state index contributed by atoms with van der Waals surface area (Å²) in [6, 6.07) is 10.7. The highest BCUT2D eigenvalue weighted by molar-refractivity contribution is 14.0. The number of hydrogen-bond donors (Lipinski definition) is 2. The number of hydrogen-bond acceptors (Lipinski definition) is 5. The fraction of sp³-hybridized carbons (Fsp3) is 0.500. The molecule has 0 spiro atoms. The zero-order valence-electron chi connectivity index (χ0n) is 19.1. The molecule has 4 rings (SSSR count).